The fourth-order valence-electron chi connectivity index (χ4n) is 14.6. The number of carbonyl (C=O) groups excluding carboxylic acids is 1. The van der Waals surface area contributed by atoms with Crippen molar-refractivity contribution in [3.63, 3.8) is 0 Å². The van der Waals surface area contributed by atoms with Crippen molar-refractivity contribution in [3.8, 4) is 0 Å². The minimum atomic E-state index is -1.31. The highest BCUT2D eigenvalue weighted by Crippen LogP contribution is 2.89. The van der Waals surface area contributed by atoms with Crippen LogP contribution >= 0.6 is 0 Å². The first kappa shape index (κ1) is 33.0. The molecule has 4 saturated heterocycles. The van der Waals surface area contributed by atoms with Crippen molar-refractivity contribution in [3.05, 3.63) is 0 Å². The van der Waals surface area contributed by atoms with Crippen LogP contribution in [0.5, 0.6) is 0 Å². The number of epoxide rings is 1. The summed E-state index contributed by atoms with van der Waals surface area (Å²) in [5, 5.41) is 41.7. The number of aliphatic hydroxyl groups is 4. The Morgan fingerprint density at radius 3 is 2.23 bits per heavy atom. The molecule has 5 saturated carbocycles. The molecule has 0 aromatic carbocycles. The normalized spacial score (nSPS) is 63.3. The molecule has 0 unspecified atom stereocenters. The van der Waals surface area contributed by atoms with Crippen LogP contribution in [0.1, 0.15) is 99.8 Å². The van der Waals surface area contributed by atoms with Crippen molar-refractivity contribution < 1.29 is 53.6 Å². The summed E-state index contributed by atoms with van der Waals surface area (Å²) in [5.41, 5.74) is -1.23. The van der Waals surface area contributed by atoms with Gasteiger partial charge >= 0.3 is 5.97 Å². The van der Waals surface area contributed by atoms with Gasteiger partial charge in [-0.3, -0.25) is 4.79 Å². The lowest BCUT2D eigenvalue weighted by molar-refractivity contribution is -0.346. The average Bonchev–Trinajstić information content (AvgIpc) is 3.84. The zero-order valence-corrected chi connectivity index (χ0v) is 29.5. The molecule has 48 heavy (non-hydrogen) atoms. The molecule has 3 spiro atoms. The third-order valence-corrected chi connectivity index (χ3v) is 16.8. The van der Waals surface area contributed by atoms with Gasteiger partial charge in [-0.25, -0.2) is 0 Å². The molecular weight excluding hydrogens is 620 g/mol. The van der Waals surface area contributed by atoms with Crippen molar-refractivity contribution >= 4 is 5.97 Å². The van der Waals surface area contributed by atoms with E-state index in [4.69, 9.17) is 28.4 Å². The molecule has 0 aromatic heterocycles. The summed E-state index contributed by atoms with van der Waals surface area (Å²) < 4.78 is 37.9. The number of esters is 1. The van der Waals surface area contributed by atoms with Crippen molar-refractivity contribution in [1.29, 1.82) is 0 Å². The first-order chi connectivity index (χ1) is 22.4. The lowest BCUT2D eigenvalue weighted by Crippen LogP contribution is -2.64. The Morgan fingerprint density at radius 1 is 0.833 bits per heavy atom. The van der Waals surface area contributed by atoms with E-state index in [9.17, 15) is 25.2 Å². The van der Waals surface area contributed by atoms with E-state index in [1.54, 1.807) is 6.92 Å². The number of ether oxygens (including phenoxy) is 6. The maximum Gasteiger partial charge on any atom is 0.302 e. The van der Waals surface area contributed by atoms with Gasteiger partial charge in [0.25, 0.3) is 0 Å². The van der Waals surface area contributed by atoms with Crippen molar-refractivity contribution in [1.82, 2.24) is 0 Å². The minimum absolute atomic E-state index is 0.0420. The van der Waals surface area contributed by atoms with Crippen LogP contribution in [0.2, 0.25) is 0 Å². The smallest absolute Gasteiger partial charge is 0.302 e. The van der Waals surface area contributed by atoms with Crippen LogP contribution in [0.4, 0.5) is 0 Å². The number of aliphatic hydroxyl groups excluding tert-OH is 4. The van der Waals surface area contributed by atoms with Crippen molar-refractivity contribution in [2.24, 2.45) is 50.7 Å². The van der Waals surface area contributed by atoms with Gasteiger partial charge in [0.05, 0.1) is 18.8 Å². The molecule has 11 heteroatoms. The fraction of sp³-hybridized carbons (Fsp3) is 0.973. The van der Waals surface area contributed by atoms with Gasteiger partial charge in [-0.05, 0) is 97.2 Å². The molecule has 5 aliphatic carbocycles. The summed E-state index contributed by atoms with van der Waals surface area (Å²) >= 11 is 0. The Morgan fingerprint density at radius 2 is 1.56 bits per heavy atom. The molecule has 270 valence electrons. The lowest BCUT2D eigenvalue weighted by Gasteiger charge is -2.65. The molecule has 19 atom stereocenters. The van der Waals surface area contributed by atoms with E-state index >= 15 is 0 Å². The molecule has 4 aliphatic heterocycles. The molecule has 11 nitrogen and oxygen atoms in total. The van der Waals surface area contributed by atoms with Gasteiger partial charge in [0.15, 0.2) is 12.6 Å². The van der Waals surface area contributed by atoms with Gasteiger partial charge in [-0.2, -0.15) is 0 Å². The Kier molecular flexibility index (Phi) is 6.70. The summed E-state index contributed by atoms with van der Waals surface area (Å²) in [7, 11) is 0. The van der Waals surface area contributed by atoms with Gasteiger partial charge in [0.2, 0.25) is 5.79 Å². The Balaban J connectivity index is 1.03. The standard InChI is InChI=1S/C37H56O11/c1-17-12-37(29-34(7,47-29)30(42)48-37)46-20-13-32(5)22-9-8-21-31(3,4)23(45-28-27(41)26(40)19(39)15-43-28)10-11-35(21)16-36(22,35)14-24(44-18(2)38)33(32,6)25(17)20/h17,19-30,39-42H,8-16H2,1-7H3/t17-,19+,20+,21+,22+,23+,24-,25+,26+,27-,28+,29+,30+,32+,33-,34-,35-,36+,37-/m1/s1. The zero-order valence-electron chi connectivity index (χ0n) is 29.5. The first-order valence-electron chi connectivity index (χ1n) is 18.6. The molecule has 0 bridgehead atoms. The van der Waals surface area contributed by atoms with E-state index in [1.807, 2.05) is 6.92 Å². The van der Waals surface area contributed by atoms with Gasteiger partial charge in [0.1, 0.15) is 36.1 Å². The zero-order chi connectivity index (χ0) is 34.2. The molecule has 9 fully saturated rings. The van der Waals surface area contributed by atoms with E-state index in [2.05, 4.69) is 34.6 Å². The van der Waals surface area contributed by atoms with Gasteiger partial charge in [0, 0.05) is 18.8 Å². The predicted molar refractivity (Wildman–Crippen MR) is 168 cm³/mol. The van der Waals surface area contributed by atoms with Gasteiger partial charge < -0.3 is 48.8 Å². The molecule has 4 heterocycles. The van der Waals surface area contributed by atoms with Crippen LogP contribution in [0.25, 0.3) is 0 Å². The Bertz CT molecular complexity index is 1390. The van der Waals surface area contributed by atoms with Crippen LogP contribution in [-0.4, -0.2) is 99.7 Å². The highest BCUT2D eigenvalue weighted by Gasteiger charge is 2.87. The summed E-state index contributed by atoms with van der Waals surface area (Å²) in [5.74, 6) is 0.0295. The van der Waals surface area contributed by atoms with Crippen LogP contribution in [0, 0.1) is 50.7 Å². The largest absolute Gasteiger partial charge is 0.462 e. The van der Waals surface area contributed by atoms with Crippen LogP contribution in [-0.2, 0) is 33.2 Å². The highest BCUT2D eigenvalue weighted by atomic mass is 16.8. The highest BCUT2D eigenvalue weighted by molar-refractivity contribution is 5.66. The van der Waals surface area contributed by atoms with E-state index in [0.717, 1.165) is 44.9 Å². The van der Waals surface area contributed by atoms with E-state index in [-0.39, 0.29) is 75.9 Å². The lowest BCUT2D eigenvalue weighted by atomic mass is 9.41. The molecule has 9 aliphatic rings. The summed E-state index contributed by atoms with van der Waals surface area (Å²) in [6.07, 6.45) is 0.880. The second kappa shape index (κ2) is 9.75. The topological polar surface area (TPSA) is 157 Å². The molecule has 4 N–H and O–H groups in total. The number of carbonyl (C=O) groups is 1. The van der Waals surface area contributed by atoms with Gasteiger partial charge in [-0.15, -0.1) is 0 Å². The van der Waals surface area contributed by atoms with Crippen LogP contribution in [0.15, 0.2) is 0 Å². The molecule has 0 aromatic rings. The number of hydrogen-bond donors (Lipinski definition) is 4. The predicted octanol–water partition coefficient (Wildman–Crippen LogP) is 3.03. The van der Waals surface area contributed by atoms with Crippen LogP contribution < -0.4 is 0 Å². The summed E-state index contributed by atoms with van der Waals surface area (Å²) in [6.45, 7) is 15.1. The third kappa shape index (κ3) is 3.74. The van der Waals surface area contributed by atoms with Crippen molar-refractivity contribution in [2.45, 2.75) is 167 Å². The summed E-state index contributed by atoms with van der Waals surface area (Å²) in [4.78, 5) is 12.9. The average molecular weight is 677 g/mol. The molecular formula is C37H56O11. The van der Waals surface area contributed by atoms with Crippen molar-refractivity contribution in [2.75, 3.05) is 6.61 Å². The Hall–Kier alpha value is -0.890. The number of fused-ring (bicyclic) bond motifs is 6. The maximum atomic E-state index is 12.9. The van der Waals surface area contributed by atoms with E-state index < -0.39 is 42.3 Å². The van der Waals surface area contributed by atoms with E-state index in [1.165, 1.54) is 0 Å². The molecule has 9 rings (SSSR count). The molecule has 0 amide bonds. The minimum Gasteiger partial charge on any atom is -0.462 e. The second-order valence-electron chi connectivity index (χ2n) is 18.9. The van der Waals surface area contributed by atoms with E-state index in [0.29, 0.717) is 18.3 Å². The SMILES string of the molecule is CC(=O)O[C@@H]1C[C@@]23C[C@@]24CC[C@H](O[C@@H]2OC[C@H](O)[C@H](O)[C@H]2O)C(C)(C)[C@@H]4CC[C@H]3[C@]2(C)C[C@@H]3O[C@]4(C[C@@H](C)[C@@H]3[C@@]12C)O[C@H](O)[C@]1(C)O[C@H]41. The number of hydrogen-bond acceptors (Lipinski definition) is 11. The quantitative estimate of drug-likeness (QED) is 0.198. The third-order valence-electron chi connectivity index (χ3n) is 16.8. The summed E-state index contributed by atoms with van der Waals surface area (Å²) in [6, 6.07) is 0. The van der Waals surface area contributed by atoms with Crippen LogP contribution in [0.3, 0.4) is 0 Å². The van der Waals surface area contributed by atoms with Gasteiger partial charge in [-0.1, -0.05) is 34.6 Å². The maximum absolute atomic E-state index is 12.9. The molecule has 0 radical (unpaired) electrons. The number of rotatable bonds is 3. The monoisotopic (exact) mass is 676 g/mol. The fourth-order valence-corrected chi connectivity index (χ4v) is 14.6. The second-order valence-corrected chi connectivity index (χ2v) is 18.9. The first-order valence-corrected chi connectivity index (χ1v) is 18.6. The Labute approximate surface area is 283 Å².